The van der Waals surface area contributed by atoms with Crippen molar-refractivity contribution in [1.29, 1.82) is 0 Å². The minimum atomic E-state index is -0.533. The number of hydrogen-bond donors (Lipinski definition) is 0. The maximum Gasteiger partial charge on any atom is 0.498 e. The zero-order chi connectivity index (χ0) is 15.8. The number of methoxy groups -OCH3 is 3. The lowest BCUT2D eigenvalue weighted by atomic mass is 9.78. The van der Waals surface area contributed by atoms with Gasteiger partial charge in [0.15, 0.2) is 11.5 Å². The topological polar surface area (TPSA) is 46.2 Å². The van der Waals surface area contributed by atoms with Crippen LogP contribution in [-0.4, -0.2) is 39.6 Å². The number of benzene rings is 1. The Balaban J connectivity index is 2.49. The molecule has 21 heavy (non-hydrogen) atoms. The number of hydrogen-bond acceptors (Lipinski definition) is 5. The van der Waals surface area contributed by atoms with Crippen LogP contribution in [0.1, 0.15) is 27.7 Å². The molecule has 1 aliphatic rings. The summed E-state index contributed by atoms with van der Waals surface area (Å²) in [7, 11) is 4.26. The fourth-order valence-electron chi connectivity index (χ4n) is 2.23. The van der Waals surface area contributed by atoms with Crippen LogP contribution in [0, 0.1) is 0 Å². The van der Waals surface area contributed by atoms with E-state index in [-0.39, 0.29) is 0 Å². The predicted molar refractivity (Wildman–Crippen MR) is 81.8 cm³/mol. The Labute approximate surface area is 126 Å². The molecule has 1 aliphatic heterocycles. The third-order valence-corrected chi connectivity index (χ3v) is 4.22. The zero-order valence-corrected chi connectivity index (χ0v) is 13.8. The van der Waals surface area contributed by atoms with Gasteiger partial charge in [-0.2, -0.15) is 0 Å². The number of ether oxygens (including phenoxy) is 3. The molecule has 1 saturated heterocycles. The van der Waals surface area contributed by atoms with Crippen molar-refractivity contribution in [2.24, 2.45) is 0 Å². The van der Waals surface area contributed by atoms with E-state index in [9.17, 15) is 0 Å². The average molecular weight is 294 g/mol. The van der Waals surface area contributed by atoms with E-state index in [4.69, 9.17) is 23.5 Å². The van der Waals surface area contributed by atoms with E-state index in [1.54, 1.807) is 27.4 Å². The van der Waals surface area contributed by atoms with E-state index in [0.29, 0.717) is 17.2 Å². The molecule has 6 heteroatoms. The van der Waals surface area contributed by atoms with Gasteiger partial charge in [-0.3, -0.25) is 0 Å². The molecule has 1 heterocycles. The van der Waals surface area contributed by atoms with Gasteiger partial charge in [-0.05, 0) is 33.8 Å². The molecule has 1 fully saturated rings. The van der Waals surface area contributed by atoms with Gasteiger partial charge in [0.25, 0.3) is 0 Å². The summed E-state index contributed by atoms with van der Waals surface area (Å²) in [6.07, 6.45) is 0. The van der Waals surface area contributed by atoms with Crippen molar-refractivity contribution in [2.45, 2.75) is 38.9 Å². The molecule has 5 nitrogen and oxygen atoms in total. The summed E-state index contributed by atoms with van der Waals surface area (Å²) in [5.41, 5.74) is -0.0785. The van der Waals surface area contributed by atoms with Gasteiger partial charge in [0.1, 0.15) is 5.75 Å². The van der Waals surface area contributed by atoms with E-state index in [2.05, 4.69) is 0 Å². The van der Waals surface area contributed by atoms with E-state index in [0.717, 1.165) is 5.46 Å². The van der Waals surface area contributed by atoms with E-state index in [1.165, 1.54) is 0 Å². The molecule has 0 spiro atoms. The van der Waals surface area contributed by atoms with E-state index in [1.807, 2.05) is 33.8 Å². The Morgan fingerprint density at radius 2 is 1.43 bits per heavy atom. The highest BCUT2D eigenvalue weighted by Crippen LogP contribution is 2.39. The molecule has 0 N–H and O–H groups in total. The Hall–Kier alpha value is -1.40. The molecular formula is C15H23BO5. The Bertz CT molecular complexity index is 511. The highest BCUT2D eigenvalue weighted by atomic mass is 16.7. The summed E-state index contributed by atoms with van der Waals surface area (Å²) in [6, 6.07) is 3.62. The highest BCUT2D eigenvalue weighted by Gasteiger charge is 2.52. The van der Waals surface area contributed by atoms with Crippen molar-refractivity contribution >= 4 is 12.6 Å². The Morgan fingerprint density at radius 1 is 0.857 bits per heavy atom. The molecule has 2 rings (SSSR count). The van der Waals surface area contributed by atoms with Gasteiger partial charge in [-0.15, -0.1) is 0 Å². The van der Waals surface area contributed by atoms with Crippen LogP contribution in [0.25, 0.3) is 0 Å². The van der Waals surface area contributed by atoms with Gasteiger partial charge in [-0.1, -0.05) is 0 Å². The lowest BCUT2D eigenvalue weighted by molar-refractivity contribution is 0.00578. The normalized spacial score (nSPS) is 19.5. The van der Waals surface area contributed by atoms with Gasteiger partial charge in [0, 0.05) is 11.5 Å². The number of rotatable bonds is 4. The molecule has 0 amide bonds. The maximum atomic E-state index is 6.08. The lowest BCUT2D eigenvalue weighted by Gasteiger charge is -2.32. The molecule has 0 aromatic heterocycles. The van der Waals surface area contributed by atoms with Crippen LogP contribution in [0.3, 0.4) is 0 Å². The summed E-state index contributed by atoms with van der Waals surface area (Å²) in [5.74, 6) is 1.84. The fourth-order valence-corrected chi connectivity index (χ4v) is 2.23. The molecule has 1 aromatic carbocycles. The quantitative estimate of drug-likeness (QED) is 0.795. The second kappa shape index (κ2) is 5.42. The molecule has 0 aliphatic carbocycles. The second-order valence-electron chi connectivity index (χ2n) is 6.04. The molecule has 0 atom stereocenters. The van der Waals surface area contributed by atoms with E-state index >= 15 is 0 Å². The first kappa shape index (κ1) is 16.0. The molecule has 0 radical (unpaired) electrons. The maximum absolute atomic E-state index is 6.08. The van der Waals surface area contributed by atoms with Crippen molar-refractivity contribution in [3.63, 3.8) is 0 Å². The van der Waals surface area contributed by atoms with Crippen molar-refractivity contribution in [3.05, 3.63) is 12.1 Å². The van der Waals surface area contributed by atoms with Crippen LogP contribution in [0.15, 0.2) is 12.1 Å². The summed E-state index contributed by atoms with van der Waals surface area (Å²) < 4.78 is 28.3. The van der Waals surface area contributed by atoms with Crippen LogP contribution < -0.4 is 19.7 Å². The van der Waals surface area contributed by atoms with Crippen molar-refractivity contribution in [3.8, 4) is 17.2 Å². The molecule has 1 aromatic rings. The summed E-state index contributed by atoms with van der Waals surface area (Å²) in [4.78, 5) is 0. The van der Waals surface area contributed by atoms with Gasteiger partial charge < -0.3 is 23.5 Å². The summed E-state index contributed by atoms with van der Waals surface area (Å²) in [5, 5.41) is 0. The first-order chi connectivity index (χ1) is 9.75. The van der Waals surface area contributed by atoms with Crippen molar-refractivity contribution < 1.29 is 23.5 Å². The highest BCUT2D eigenvalue weighted by molar-refractivity contribution is 6.63. The van der Waals surface area contributed by atoms with Crippen LogP contribution in [0.4, 0.5) is 0 Å². The van der Waals surface area contributed by atoms with Crippen molar-refractivity contribution in [1.82, 2.24) is 0 Å². The van der Waals surface area contributed by atoms with E-state index < -0.39 is 18.3 Å². The van der Waals surface area contributed by atoms with Gasteiger partial charge in [0.05, 0.1) is 32.5 Å². The third kappa shape index (κ3) is 2.70. The van der Waals surface area contributed by atoms with Gasteiger partial charge in [-0.25, -0.2) is 0 Å². The third-order valence-electron chi connectivity index (χ3n) is 4.22. The summed E-state index contributed by atoms with van der Waals surface area (Å²) >= 11 is 0. The first-order valence-electron chi connectivity index (χ1n) is 6.91. The monoisotopic (exact) mass is 294 g/mol. The van der Waals surface area contributed by atoms with Gasteiger partial charge >= 0.3 is 7.12 Å². The average Bonchev–Trinajstić information content (AvgIpc) is 2.65. The van der Waals surface area contributed by atoms with Gasteiger partial charge in [0.2, 0.25) is 0 Å². The first-order valence-corrected chi connectivity index (χ1v) is 6.91. The minimum Gasteiger partial charge on any atom is -0.497 e. The van der Waals surface area contributed by atoms with Crippen LogP contribution in [0.5, 0.6) is 17.2 Å². The predicted octanol–water partition coefficient (Wildman–Crippen LogP) is 2.01. The largest absolute Gasteiger partial charge is 0.498 e. The second-order valence-corrected chi connectivity index (χ2v) is 6.04. The molecule has 0 bridgehead atoms. The summed E-state index contributed by atoms with van der Waals surface area (Å²) in [6.45, 7) is 8.04. The van der Waals surface area contributed by atoms with Crippen LogP contribution in [0.2, 0.25) is 0 Å². The molecule has 116 valence electrons. The lowest BCUT2D eigenvalue weighted by Crippen LogP contribution is -2.41. The SMILES string of the molecule is COc1cc(OC)c(OC)c(B2OC(C)(C)C(C)(C)O2)c1. The standard InChI is InChI=1S/C15H23BO5/c1-14(2)15(3,4)21-16(20-14)11-8-10(17-5)9-12(18-6)13(11)19-7/h8-9H,1-7H3. The zero-order valence-electron chi connectivity index (χ0n) is 13.8. The van der Waals surface area contributed by atoms with Crippen LogP contribution >= 0.6 is 0 Å². The molecular weight excluding hydrogens is 271 g/mol. The fraction of sp³-hybridized carbons (Fsp3) is 0.600. The Morgan fingerprint density at radius 3 is 1.86 bits per heavy atom. The smallest absolute Gasteiger partial charge is 0.497 e. The van der Waals surface area contributed by atoms with Crippen molar-refractivity contribution in [2.75, 3.05) is 21.3 Å². The van der Waals surface area contributed by atoms with Crippen LogP contribution in [-0.2, 0) is 9.31 Å². The molecule has 0 saturated carbocycles. The molecule has 0 unspecified atom stereocenters. The Kier molecular flexibility index (Phi) is 4.13. The minimum absolute atomic E-state index is 0.418.